The lowest BCUT2D eigenvalue weighted by Gasteiger charge is -2.34. The van der Waals surface area contributed by atoms with Crippen molar-refractivity contribution >= 4 is 5.82 Å². The molecule has 1 unspecified atom stereocenters. The third-order valence-corrected chi connectivity index (χ3v) is 3.38. The number of nitrogens with zero attached hydrogens (tertiary/aromatic N) is 2. The Morgan fingerprint density at radius 3 is 3.06 bits per heavy atom. The first kappa shape index (κ1) is 13.3. The summed E-state index contributed by atoms with van der Waals surface area (Å²) in [7, 11) is 1.96. The summed E-state index contributed by atoms with van der Waals surface area (Å²) in [5.41, 5.74) is 2.48. The third-order valence-electron chi connectivity index (χ3n) is 3.38. The van der Waals surface area contributed by atoms with Crippen LogP contribution in [0.4, 0.5) is 5.82 Å². The Balaban J connectivity index is 2.12. The average Bonchev–Trinajstić information content (AvgIpc) is 2.39. The molecule has 1 fully saturated rings. The summed E-state index contributed by atoms with van der Waals surface area (Å²) in [5, 5.41) is 3.15. The van der Waals surface area contributed by atoms with E-state index in [1.54, 1.807) is 0 Å². The molecule has 0 spiro atoms. The minimum atomic E-state index is 0.344. The molecule has 100 valence electrons. The quantitative estimate of drug-likeness (QED) is 0.882. The van der Waals surface area contributed by atoms with Crippen LogP contribution in [0.5, 0.6) is 0 Å². The molecule has 0 aromatic carbocycles. The second-order valence-corrected chi connectivity index (χ2v) is 4.86. The lowest BCUT2D eigenvalue weighted by molar-refractivity contribution is 0.0381. The molecular weight excluding hydrogens is 226 g/mol. The van der Waals surface area contributed by atoms with Gasteiger partial charge in [-0.1, -0.05) is 6.92 Å². The predicted octanol–water partition coefficient (Wildman–Crippen LogP) is 1.72. The summed E-state index contributed by atoms with van der Waals surface area (Å²) in [5.74, 6) is 1.11. The van der Waals surface area contributed by atoms with E-state index in [0.29, 0.717) is 6.10 Å². The van der Waals surface area contributed by atoms with Gasteiger partial charge in [0.1, 0.15) is 5.82 Å². The van der Waals surface area contributed by atoms with E-state index in [0.717, 1.165) is 38.5 Å². The van der Waals surface area contributed by atoms with Crippen LogP contribution in [0.25, 0.3) is 0 Å². The fraction of sp³-hybridized carbons (Fsp3) is 0.643. The number of hydrogen-bond acceptors (Lipinski definition) is 4. The number of ether oxygens (including phenoxy) is 1. The summed E-state index contributed by atoms with van der Waals surface area (Å²) in [4.78, 5) is 6.96. The van der Waals surface area contributed by atoms with Gasteiger partial charge in [-0.2, -0.15) is 0 Å². The fourth-order valence-electron chi connectivity index (χ4n) is 2.42. The summed E-state index contributed by atoms with van der Waals surface area (Å²) in [6, 6.07) is 2.22. The van der Waals surface area contributed by atoms with Crippen molar-refractivity contribution in [2.24, 2.45) is 0 Å². The van der Waals surface area contributed by atoms with Crippen molar-refractivity contribution < 1.29 is 4.74 Å². The number of aryl methyl sites for hydroxylation is 1. The predicted molar refractivity (Wildman–Crippen MR) is 74.0 cm³/mol. The van der Waals surface area contributed by atoms with Crippen LogP contribution in [-0.4, -0.2) is 37.8 Å². The number of morpholine rings is 1. The highest BCUT2D eigenvalue weighted by atomic mass is 16.5. The van der Waals surface area contributed by atoms with Gasteiger partial charge in [0.25, 0.3) is 0 Å². The maximum absolute atomic E-state index is 5.70. The number of nitrogens with one attached hydrogen (secondary N) is 1. The normalized spacial score (nSPS) is 20.2. The number of hydrogen-bond donors (Lipinski definition) is 1. The number of anilines is 1. The van der Waals surface area contributed by atoms with Gasteiger partial charge in [-0.05, 0) is 37.6 Å². The highest BCUT2D eigenvalue weighted by molar-refractivity contribution is 5.47. The molecule has 1 saturated heterocycles. The third kappa shape index (κ3) is 3.00. The average molecular weight is 249 g/mol. The van der Waals surface area contributed by atoms with Gasteiger partial charge in [-0.25, -0.2) is 4.98 Å². The molecule has 4 heteroatoms. The second-order valence-electron chi connectivity index (χ2n) is 4.86. The number of aromatic nitrogens is 1. The van der Waals surface area contributed by atoms with Crippen LogP contribution in [0.2, 0.25) is 0 Å². The van der Waals surface area contributed by atoms with Crippen molar-refractivity contribution in [3.63, 3.8) is 0 Å². The van der Waals surface area contributed by atoms with Crippen molar-refractivity contribution in [3.8, 4) is 0 Å². The first-order valence-corrected chi connectivity index (χ1v) is 6.71. The first-order chi connectivity index (χ1) is 8.74. The highest BCUT2D eigenvalue weighted by Gasteiger charge is 2.21. The molecule has 2 rings (SSSR count). The Morgan fingerprint density at radius 2 is 2.39 bits per heavy atom. The summed E-state index contributed by atoms with van der Waals surface area (Å²) >= 11 is 0. The number of rotatable bonds is 4. The van der Waals surface area contributed by atoms with E-state index < -0.39 is 0 Å². The molecule has 0 amide bonds. The molecule has 1 aromatic rings. The maximum atomic E-state index is 5.70. The van der Waals surface area contributed by atoms with E-state index in [1.807, 2.05) is 13.2 Å². The summed E-state index contributed by atoms with van der Waals surface area (Å²) in [6.45, 7) is 7.88. The van der Waals surface area contributed by atoms with Crippen molar-refractivity contribution in [1.82, 2.24) is 10.3 Å². The Morgan fingerprint density at radius 1 is 1.56 bits per heavy atom. The van der Waals surface area contributed by atoms with Crippen LogP contribution in [0.1, 0.15) is 24.5 Å². The second kappa shape index (κ2) is 6.16. The van der Waals surface area contributed by atoms with E-state index in [9.17, 15) is 0 Å². The van der Waals surface area contributed by atoms with Gasteiger partial charge < -0.3 is 15.0 Å². The van der Waals surface area contributed by atoms with E-state index in [-0.39, 0.29) is 0 Å². The summed E-state index contributed by atoms with van der Waals surface area (Å²) < 4.78 is 5.70. The zero-order valence-electron chi connectivity index (χ0n) is 11.6. The Labute approximate surface area is 109 Å². The minimum absolute atomic E-state index is 0.344. The van der Waals surface area contributed by atoms with Gasteiger partial charge in [0, 0.05) is 25.8 Å². The SMILES string of the molecule is CCC1CN(c2ncc(CNC)cc2C)CCO1. The van der Waals surface area contributed by atoms with Crippen LogP contribution >= 0.6 is 0 Å². The first-order valence-electron chi connectivity index (χ1n) is 6.71. The van der Waals surface area contributed by atoms with E-state index in [1.165, 1.54) is 11.1 Å². The maximum Gasteiger partial charge on any atom is 0.131 e. The van der Waals surface area contributed by atoms with Gasteiger partial charge in [-0.3, -0.25) is 0 Å². The molecule has 1 aliphatic heterocycles. The van der Waals surface area contributed by atoms with E-state index in [2.05, 4.69) is 35.1 Å². The molecular formula is C14H23N3O. The van der Waals surface area contributed by atoms with E-state index >= 15 is 0 Å². The van der Waals surface area contributed by atoms with E-state index in [4.69, 9.17) is 4.74 Å². The topological polar surface area (TPSA) is 37.4 Å². The molecule has 0 aliphatic carbocycles. The van der Waals surface area contributed by atoms with Gasteiger partial charge in [0.15, 0.2) is 0 Å². The van der Waals surface area contributed by atoms with Crippen LogP contribution in [0, 0.1) is 6.92 Å². The van der Waals surface area contributed by atoms with Crippen LogP contribution in [-0.2, 0) is 11.3 Å². The molecule has 18 heavy (non-hydrogen) atoms. The molecule has 2 heterocycles. The monoisotopic (exact) mass is 249 g/mol. The van der Waals surface area contributed by atoms with Crippen molar-refractivity contribution in [2.75, 3.05) is 31.6 Å². The van der Waals surface area contributed by atoms with Gasteiger partial charge in [0.05, 0.1) is 12.7 Å². The zero-order chi connectivity index (χ0) is 13.0. The van der Waals surface area contributed by atoms with Crippen molar-refractivity contribution in [2.45, 2.75) is 32.9 Å². The standard InChI is InChI=1S/C14H23N3O/c1-4-13-10-17(5-6-18-13)14-11(2)7-12(8-15-3)9-16-14/h7,9,13,15H,4-6,8,10H2,1-3H3. The Bertz CT molecular complexity index is 395. The molecule has 0 bridgehead atoms. The van der Waals surface area contributed by atoms with Crippen LogP contribution < -0.4 is 10.2 Å². The molecule has 1 aromatic heterocycles. The molecule has 0 saturated carbocycles. The van der Waals surface area contributed by atoms with Crippen molar-refractivity contribution in [1.29, 1.82) is 0 Å². The molecule has 1 aliphatic rings. The molecule has 1 N–H and O–H groups in total. The van der Waals surface area contributed by atoms with Gasteiger partial charge >= 0.3 is 0 Å². The Hall–Kier alpha value is -1.13. The van der Waals surface area contributed by atoms with Gasteiger partial charge in [0.2, 0.25) is 0 Å². The summed E-state index contributed by atoms with van der Waals surface area (Å²) in [6.07, 6.45) is 3.37. The minimum Gasteiger partial charge on any atom is -0.375 e. The molecule has 4 nitrogen and oxygen atoms in total. The smallest absolute Gasteiger partial charge is 0.131 e. The molecule has 1 atom stereocenters. The lowest BCUT2D eigenvalue weighted by atomic mass is 10.1. The fourth-order valence-corrected chi connectivity index (χ4v) is 2.42. The lowest BCUT2D eigenvalue weighted by Crippen LogP contribution is -2.42. The van der Waals surface area contributed by atoms with Crippen molar-refractivity contribution in [3.05, 3.63) is 23.4 Å². The van der Waals surface area contributed by atoms with Crippen LogP contribution in [0.3, 0.4) is 0 Å². The largest absolute Gasteiger partial charge is 0.375 e. The molecule has 0 radical (unpaired) electrons. The van der Waals surface area contributed by atoms with Crippen LogP contribution in [0.15, 0.2) is 12.3 Å². The zero-order valence-corrected chi connectivity index (χ0v) is 11.6. The van der Waals surface area contributed by atoms with Gasteiger partial charge in [-0.15, -0.1) is 0 Å². The highest BCUT2D eigenvalue weighted by Crippen LogP contribution is 2.21. The Kier molecular flexibility index (Phi) is 4.55. The number of pyridine rings is 1.